The van der Waals surface area contributed by atoms with Crippen LogP contribution in [0.25, 0.3) is 5.69 Å². The first-order chi connectivity index (χ1) is 14.0. The van der Waals surface area contributed by atoms with Gasteiger partial charge in [0.05, 0.1) is 25.4 Å². The zero-order valence-electron chi connectivity index (χ0n) is 16.7. The van der Waals surface area contributed by atoms with Gasteiger partial charge in [-0.05, 0) is 11.1 Å². The van der Waals surface area contributed by atoms with Gasteiger partial charge in [0.25, 0.3) is 0 Å². The molecule has 0 bridgehead atoms. The molecule has 0 spiro atoms. The van der Waals surface area contributed by atoms with Gasteiger partial charge in [-0.3, -0.25) is 14.3 Å². The summed E-state index contributed by atoms with van der Waals surface area (Å²) in [5.74, 6) is -0.556. The van der Waals surface area contributed by atoms with E-state index in [-0.39, 0.29) is 30.3 Å². The molecule has 0 amide bonds. The summed E-state index contributed by atoms with van der Waals surface area (Å²) in [4.78, 5) is 24.4. The molecule has 8 heteroatoms. The molecule has 3 aromatic rings. The highest BCUT2D eigenvalue weighted by molar-refractivity contribution is 5.72. The fourth-order valence-corrected chi connectivity index (χ4v) is 2.98. The molecule has 1 atom stereocenters. The highest BCUT2D eigenvalue weighted by Crippen LogP contribution is 2.22. The summed E-state index contributed by atoms with van der Waals surface area (Å²) in [7, 11) is 3.37. The summed E-state index contributed by atoms with van der Waals surface area (Å²) >= 11 is 0. The summed E-state index contributed by atoms with van der Waals surface area (Å²) in [6.45, 7) is 2.52. The van der Waals surface area contributed by atoms with E-state index < -0.39 is 0 Å². The third kappa shape index (κ3) is 5.17. The lowest BCUT2D eigenvalue weighted by Crippen LogP contribution is -2.19. The van der Waals surface area contributed by atoms with Gasteiger partial charge in [-0.15, -0.1) is 0 Å². The quantitative estimate of drug-likeness (QED) is 0.427. The van der Waals surface area contributed by atoms with Gasteiger partial charge in [-0.2, -0.15) is 10.2 Å². The summed E-state index contributed by atoms with van der Waals surface area (Å²) < 4.78 is 13.3. The first-order valence-electron chi connectivity index (χ1n) is 9.30. The predicted octanol–water partition coefficient (Wildman–Crippen LogP) is 1.85. The molecule has 2 heterocycles. The fraction of sp³-hybridized carbons (Fsp3) is 0.333. The minimum atomic E-state index is -0.316. The number of hydrogen-bond donors (Lipinski definition) is 0. The molecule has 0 aliphatic rings. The van der Waals surface area contributed by atoms with Crippen LogP contribution in [0.1, 0.15) is 29.7 Å². The minimum absolute atomic E-state index is 0.137. The molecule has 0 aliphatic carbocycles. The topological polar surface area (TPSA) is 88.2 Å². The number of aryl methyl sites for hydroxylation is 1. The van der Waals surface area contributed by atoms with Crippen molar-refractivity contribution < 1.29 is 14.3 Å². The summed E-state index contributed by atoms with van der Waals surface area (Å²) in [6.07, 6.45) is 5.29. The van der Waals surface area contributed by atoms with Crippen LogP contribution in [0.5, 0.6) is 0 Å². The first-order valence-corrected chi connectivity index (χ1v) is 9.30. The van der Waals surface area contributed by atoms with Crippen LogP contribution < -0.4 is 5.43 Å². The number of benzene rings is 1. The van der Waals surface area contributed by atoms with Gasteiger partial charge >= 0.3 is 5.97 Å². The van der Waals surface area contributed by atoms with E-state index in [9.17, 15) is 9.59 Å². The fourth-order valence-electron chi connectivity index (χ4n) is 2.98. The van der Waals surface area contributed by atoms with E-state index in [1.165, 1.54) is 6.07 Å². The lowest BCUT2D eigenvalue weighted by Gasteiger charge is -2.14. The monoisotopic (exact) mass is 396 g/mol. The second kappa shape index (κ2) is 9.29. The molecule has 0 aliphatic heterocycles. The number of rotatable bonds is 8. The van der Waals surface area contributed by atoms with Crippen LogP contribution in [0.3, 0.4) is 0 Å². The number of nitrogens with zero attached hydrogens (tertiary/aromatic N) is 4. The Labute approximate surface area is 168 Å². The number of carbonyl (C=O) groups excluding carboxylic acids is 1. The molecule has 1 unspecified atom stereocenters. The third-order valence-electron chi connectivity index (χ3n) is 4.55. The van der Waals surface area contributed by atoms with Crippen molar-refractivity contribution in [1.82, 2.24) is 19.6 Å². The van der Waals surface area contributed by atoms with E-state index in [4.69, 9.17) is 9.47 Å². The molecule has 29 heavy (non-hydrogen) atoms. The largest absolute Gasteiger partial charge is 0.463 e. The van der Waals surface area contributed by atoms with E-state index in [1.54, 1.807) is 28.9 Å². The second-order valence-corrected chi connectivity index (χ2v) is 6.74. The van der Waals surface area contributed by atoms with E-state index in [0.717, 1.165) is 16.8 Å². The Kier molecular flexibility index (Phi) is 6.56. The Morgan fingerprint density at radius 2 is 2.07 bits per heavy atom. The number of esters is 1. The molecular weight excluding hydrogens is 372 g/mol. The Balaban J connectivity index is 1.81. The molecule has 0 fully saturated rings. The molecule has 3 rings (SSSR count). The Hall–Kier alpha value is -3.26. The second-order valence-electron chi connectivity index (χ2n) is 6.74. The van der Waals surface area contributed by atoms with Crippen molar-refractivity contribution in [2.24, 2.45) is 7.05 Å². The maximum Gasteiger partial charge on any atom is 0.310 e. The lowest BCUT2D eigenvalue weighted by atomic mass is 9.95. The van der Waals surface area contributed by atoms with Gasteiger partial charge in [0.1, 0.15) is 18.0 Å². The van der Waals surface area contributed by atoms with E-state index >= 15 is 0 Å². The summed E-state index contributed by atoms with van der Waals surface area (Å²) in [5.41, 5.74) is 2.78. The van der Waals surface area contributed by atoms with Crippen molar-refractivity contribution in [3.8, 4) is 5.69 Å². The molecule has 0 radical (unpaired) electrons. The standard InChI is InChI=1S/C21H24N4O4/c1-15(17-6-4-5-16(11-17)12-20(27)29-10-9-28-3)21-19(26)7-8-25(23-21)18-13-22-24(2)14-18/h4-8,11,13-15H,9-10,12H2,1-3H3. The molecule has 0 saturated heterocycles. The van der Waals surface area contributed by atoms with Crippen LogP contribution in [0, 0.1) is 0 Å². The predicted molar refractivity (Wildman–Crippen MR) is 107 cm³/mol. The van der Waals surface area contributed by atoms with Gasteiger partial charge in [0.2, 0.25) is 5.43 Å². The van der Waals surface area contributed by atoms with Crippen LogP contribution in [-0.2, 0) is 27.7 Å². The number of ether oxygens (including phenoxy) is 2. The lowest BCUT2D eigenvalue weighted by molar-refractivity contribution is -0.144. The number of carbonyl (C=O) groups is 1. The molecule has 2 aromatic heterocycles. The van der Waals surface area contributed by atoms with Crippen LogP contribution in [-0.4, -0.2) is 45.9 Å². The average molecular weight is 396 g/mol. The minimum Gasteiger partial charge on any atom is -0.463 e. The van der Waals surface area contributed by atoms with Crippen LogP contribution in [0.4, 0.5) is 0 Å². The summed E-state index contributed by atoms with van der Waals surface area (Å²) in [5, 5.41) is 8.66. The zero-order chi connectivity index (χ0) is 20.8. The van der Waals surface area contributed by atoms with Gasteiger partial charge in [0, 0.05) is 32.3 Å². The van der Waals surface area contributed by atoms with E-state index in [1.807, 2.05) is 44.4 Å². The van der Waals surface area contributed by atoms with Gasteiger partial charge in [-0.25, -0.2) is 4.68 Å². The maximum atomic E-state index is 12.4. The highest BCUT2D eigenvalue weighted by Gasteiger charge is 2.16. The van der Waals surface area contributed by atoms with Gasteiger partial charge in [0.15, 0.2) is 0 Å². The van der Waals surface area contributed by atoms with Crippen molar-refractivity contribution in [3.63, 3.8) is 0 Å². The van der Waals surface area contributed by atoms with Gasteiger partial charge in [-0.1, -0.05) is 31.2 Å². The van der Waals surface area contributed by atoms with Crippen LogP contribution >= 0.6 is 0 Å². The van der Waals surface area contributed by atoms with Crippen molar-refractivity contribution in [3.05, 3.63) is 76.0 Å². The molecule has 0 saturated carbocycles. The Bertz CT molecular complexity index is 1040. The molecule has 1 aromatic carbocycles. The Morgan fingerprint density at radius 3 is 2.79 bits per heavy atom. The van der Waals surface area contributed by atoms with Crippen LogP contribution in [0.15, 0.2) is 53.7 Å². The highest BCUT2D eigenvalue weighted by atomic mass is 16.6. The molecule has 8 nitrogen and oxygen atoms in total. The van der Waals surface area contributed by atoms with E-state index in [2.05, 4.69) is 10.2 Å². The zero-order valence-corrected chi connectivity index (χ0v) is 16.7. The van der Waals surface area contributed by atoms with Crippen molar-refractivity contribution in [2.45, 2.75) is 19.3 Å². The number of aromatic nitrogens is 4. The van der Waals surface area contributed by atoms with Crippen molar-refractivity contribution in [2.75, 3.05) is 20.3 Å². The molecule has 152 valence electrons. The molecule has 0 N–H and O–H groups in total. The third-order valence-corrected chi connectivity index (χ3v) is 4.55. The first kappa shape index (κ1) is 20.5. The van der Waals surface area contributed by atoms with Crippen molar-refractivity contribution in [1.29, 1.82) is 0 Å². The SMILES string of the molecule is COCCOC(=O)Cc1cccc(C(C)c2nn(-c3cnn(C)c3)ccc2=O)c1. The maximum absolute atomic E-state index is 12.4. The van der Waals surface area contributed by atoms with Gasteiger partial charge < -0.3 is 9.47 Å². The van der Waals surface area contributed by atoms with Crippen LogP contribution in [0.2, 0.25) is 0 Å². The smallest absolute Gasteiger partial charge is 0.310 e. The number of hydrogen-bond acceptors (Lipinski definition) is 6. The summed E-state index contributed by atoms with van der Waals surface area (Å²) in [6, 6.07) is 9.06. The van der Waals surface area contributed by atoms with E-state index in [0.29, 0.717) is 12.3 Å². The molecular formula is C21H24N4O4. The Morgan fingerprint density at radius 1 is 1.24 bits per heavy atom. The van der Waals surface area contributed by atoms with Crippen molar-refractivity contribution >= 4 is 5.97 Å². The number of methoxy groups -OCH3 is 1. The normalized spacial score (nSPS) is 12.0. The average Bonchev–Trinajstić information content (AvgIpc) is 3.14.